The maximum Gasteiger partial charge on any atom is 0.472 e. The van der Waals surface area contributed by atoms with Gasteiger partial charge in [0.15, 0.2) is 17.3 Å². The molecule has 1 aliphatic heterocycles. The van der Waals surface area contributed by atoms with Gasteiger partial charge < -0.3 is 9.47 Å². The summed E-state index contributed by atoms with van der Waals surface area (Å²) >= 11 is 0. The molecule has 4 amide bonds. The van der Waals surface area contributed by atoms with Crippen molar-refractivity contribution >= 4 is 23.7 Å². The summed E-state index contributed by atoms with van der Waals surface area (Å²) in [5, 5.41) is 4.75. The third-order valence-corrected chi connectivity index (χ3v) is 6.38. The third kappa shape index (κ3) is 6.44. The van der Waals surface area contributed by atoms with Gasteiger partial charge in [0, 0.05) is 6.42 Å². The van der Waals surface area contributed by atoms with Crippen molar-refractivity contribution in [1.82, 2.24) is 10.4 Å². The van der Waals surface area contributed by atoms with Crippen LogP contribution in [0.5, 0.6) is 5.75 Å². The molecular weight excluding hydrogens is 553 g/mol. The number of methoxy groups -OCH3 is 1. The molecule has 0 saturated heterocycles. The van der Waals surface area contributed by atoms with E-state index in [1.165, 1.54) is 31.4 Å². The molecule has 12 heteroatoms. The first-order valence-electron chi connectivity index (χ1n) is 13.0. The number of hydrazine groups is 1. The standard InChI is InChI=1S/C30H29F3N4O5/c1-30(2,3)42-28(39)34-36-27(38)26(20-12-8-15-24(41-4)25(20)33)35-37(29(36)40,17-16-19-10-6-5-7-11-19)18-21-22(31)13-9-14-23(21)32/h5-15H,16-18H2,1-4H3/p+1/t37-/m1/s1. The molecule has 9 nitrogen and oxygen atoms in total. The number of imide groups is 1. The minimum absolute atomic E-state index is 0.161. The minimum atomic E-state index is -1.18. The van der Waals surface area contributed by atoms with Crippen LogP contribution < -0.4 is 10.2 Å². The zero-order chi connectivity index (χ0) is 30.7. The van der Waals surface area contributed by atoms with E-state index in [4.69, 9.17) is 9.47 Å². The second-order valence-corrected chi connectivity index (χ2v) is 10.5. The largest absolute Gasteiger partial charge is 0.494 e. The number of ether oxygens (including phenoxy) is 2. The summed E-state index contributed by atoms with van der Waals surface area (Å²) in [6, 6.07) is 15.0. The number of rotatable bonds is 8. The van der Waals surface area contributed by atoms with Crippen molar-refractivity contribution in [1.29, 1.82) is 0 Å². The van der Waals surface area contributed by atoms with E-state index >= 15 is 4.39 Å². The molecular formula is C30H30F3N4O5+. The Morgan fingerprint density at radius 1 is 0.952 bits per heavy atom. The van der Waals surface area contributed by atoms with Crippen LogP contribution in [0.3, 0.4) is 0 Å². The molecule has 3 aromatic rings. The SMILES string of the molecule is COc1cccc(C2=N[N@+](CCc3ccccc3)(Cc3c(F)cccc3F)C(=O)N(NC(=O)OC(C)(C)C)C2=O)c1F. The van der Waals surface area contributed by atoms with Crippen molar-refractivity contribution in [2.45, 2.75) is 39.3 Å². The lowest BCUT2D eigenvalue weighted by atomic mass is 10.1. The molecule has 0 spiro atoms. The van der Waals surface area contributed by atoms with Gasteiger partial charge in [-0.1, -0.05) is 47.6 Å². The molecule has 1 heterocycles. The highest BCUT2D eigenvalue weighted by Crippen LogP contribution is 2.30. The second kappa shape index (κ2) is 12.0. The van der Waals surface area contributed by atoms with E-state index in [1.807, 2.05) is 0 Å². The topological polar surface area (TPSA) is 97.3 Å². The van der Waals surface area contributed by atoms with Crippen LogP contribution in [0, 0.1) is 17.5 Å². The average Bonchev–Trinajstić information content (AvgIpc) is 2.94. The maximum absolute atomic E-state index is 15.5. The lowest BCUT2D eigenvalue weighted by Gasteiger charge is -2.37. The summed E-state index contributed by atoms with van der Waals surface area (Å²) in [5.41, 5.74) is 0.466. The summed E-state index contributed by atoms with van der Waals surface area (Å²) < 4.78 is 54.6. The van der Waals surface area contributed by atoms with Gasteiger partial charge in [0.2, 0.25) is 0 Å². The highest BCUT2D eigenvalue weighted by atomic mass is 19.1. The first-order valence-corrected chi connectivity index (χ1v) is 13.0. The number of benzene rings is 3. The number of carbonyl (C=O) groups excluding carboxylic acids is 3. The minimum Gasteiger partial charge on any atom is -0.494 e. The Kier molecular flexibility index (Phi) is 8.67. The fourth-order valence-electron chi connectivity index (χ4n) is 4.40. The van der Waals surface area contributed by atoms with Gasteiger partial charge in [-0.3, -0.25) is 4.79 Å². The molecule has 220 valence electrons. The first-order chi connectivity index (χ1) is 19.8. The van der Waals surface area contributed by atoms with Crippen LogP contribution in [0.25, 0.3) is 0 Å². The fraction of sp³-hybridized carbons (Fsp3) is 0.267. The molecule has 0 fully saturated rings. The quantitative estimate of drug-likeness (QED) is 0.355. The van der Waals surface area contributed by atoms with Crippen molar-refractivity contribution in [2.75, 3.05) is 13.7 Å². The van der Waals surface area contributed by atoms with Crippen LogP contribution in [-0.2, 0) is 22.5 Å². The Hall–Kier alpha value is -4.71. The lowest BCUT2D eigenvalue weighted by Crippen LogP contribution is -2.67. The molecule has 0 radical (unpaired) electrons. The predicted molar refractivity (Wildman–Crippen MR) is 146 cm³/mol. The highest BCUT2D eigenvalue weighted by molar-refractivity contribution is 6.47. The number of quaternary nitrogens is 1. The number of nitrogens with zero attached hydrogens (tertiary/aromatic N) is 3. The Balaban J connectivity index is 1.92. The molecule has 0 aliphatic carbocycles. The van der Waals surface area contributed by atoms with Crippen LogP contribution in [-0.4, -0.2) is 52.6 Å². The van der Waals surface area contributed by atoms with Crippen molar-refractivity contribution in [3.8, 4) is 5.75 Å². The van der Waals surface area contributed by atoms with Crippen molar-refractivity contribution in [2.24, 2.45) is 5.10 Å². The Morgan fingerprint density at radius 2 is 1.60 bits per heavy atom. The van der Waals surface area contributed by atoms with Gasteiger partial charge in [0.25, 0.3) is 0 Å². The van der Waals surface area contributed by atoms with Gasteiger partial charge in [-0.05, 0) is 50.6 Å². The normalized spacial score (nSPS) is 17.1. The van der Waals surface area contributed by atoms with E-state index in [0.29, 0.717) is 5.01 Å². The van der Waals surface area contributed by atoms with Crippen LogP contribution in [0.1, 0.15) is 37.5 Å². The zero-order valence-corrected chi connectivity index (χ0v) is 23.5. The molecule has 42 heavy (non-hydrogen) atoms. The summed E-state index contributed by atoms with van der Waals surface area (Å²) in [6.07, 6.45) is -0.996. The number of nitrogens with one attached hydrogen (secondary N) is 1. The number of urea groups is 1. The molecule has 0 bridgehead atoms. The summed E-state index contributed by atoms with van der Waals surface area (Å²) in [5.74, 6) is -4.26. The van der Waals surface area contributed by atoms with Crippen molar-refractivity contribution < 1.29 is 41.6 Å². The monoisotopic (exact) mass is 583 g/mol. The molecule has 3 aromatic carbocycles. The van der Waals surface area contributed by atoms with E-state index < -0.39 is 63.5 Å². The number of hydrogen-bond acceptors (Lipinski definition) is 6. The molecule has 4 rings (SSSR count). The molecule has 0 saturated carbocycles. The van der Waals surface area contributed by atoms with Gasteiger partial charge in [-0.25, -0.2) is 28.2 Å². The third-order valence-electron chi connectivity index (χ3n) is 6.38. The number of halogens is 3. The summed E-state index contributed by atoms with van der Waals surface area (Å²) in [6.45, 7) is 3.81. The number of carbonyl (C=O) groups is 3. The van der Waals surface area contributed by atoms with E-state index in [1.54, 1.807) is 51.1 Å². The molecule has 1 atom stereocenters. The summed E-state index contributed by atoms with van der Waals surface area (Å²) in [4.78, 5) is 40.5. The molecule has 0 unspecified atom stereocenters. The van der Waals surface area contributed by atoms with Gasteiger partial charge in [0.05, 0.1) is 18.2 Å². The molecule has 1 N–H and O–H groups in total. The van der Waals surface area contributed by atoms with E-state index in [9.17, 15) is 23.2 Å². The van der Waals surface area contributed by atoms with Crippen LogP contribution in [0.15, 0.2) is 71.8 Å². The van der Waals surface area contributed by atoms with Crippen LogP contribution in [0.4, 0.5) is 22.8 Å². The van der Waals surface area contributed by atoms with E-state index in [-0.39, 0.29) is 24.3 Å². The van der Waals surface area contributed by atoms with Crippen molar-refractivity contribution in [3.63, 3.8) is 0 Å². The number of amides is 4. The Morgan fingerprint density at radius 3 is 2.21 bits per heavy atom. The Bertz CT molecular complexity index is 1520. The predicted octanol–water partition coefficient (Wildman–Crippen LogP) is 5.48. The zero-order valence-electron chi connectivity index (χ0n) is 23.5. The van der Waals surface area contributed by atoms with Gasteiger partial charge in [-0.2, -0.15) is 0 Å². The Labute approximate surface area is 240 Å². The van der Waals surface area contributed by atoms with Gasteiger partial charge >= 0.3 is 18.0 Å². The molecule has 0 aromatic heterocycles. The van der Waals surface area contributed by atoms with Crippen LogP contribution >= 0.6 is 0 Å². The van der Waals surface area contributed by atoms with E-state index in [0.717, 1.165) is 17.7 Å². The van der Waals surface area contributed by atoms with Crippen molar-refractivity contribution in [3.05, 3.63) is 101 Å². The highest BCUT2D eigenvalue weighted by Gasteiger charge is 2.52. The number of hydrogen-bond donors (Lipinski definition) is 1. The average molecular weight is 584 g/mol. The lowest BCUT2D eigenvalue weighted by molar-refractivity contribution is -0.874. The first kappa shape index (κ1) is 30.3. The maximum atomic E-state index is 15.5. The van der Waals surface area contributed by atoms with E-state index in [2.05, 4.69) is 10.5 Å². The van der Waals surface area contributed by atoms with Gasteiger partial charge in [0.1, 0.15) is 30.3 Å². The van der Waals surface area contributed by atoms with Crippen LogP contribution in [0.2, 0.25) is 0 Å². The van der Waals surface area contributed by atoms with Gasteiger partial charge in [-0.15, -0.1) is 9.60 Å². The summed E-state index contributed by atoms with van der Waals surface area (Å²) in [7, 11) is 1.23. The fourth-order valence-corrected chi connectivity index (χ4v) is 4.40. The smallest absolute Gasteiger partial charge is 0.472 e. The molecule has 1 aliphatic rings. The second-order valence-electron chi connectivity index (χ2n) is 10.5.